The molecule has 0 fully saturated rings. The van der Waals surface area contributed by atoms with Gasteiger partial charge in [0.2, 0.25) is 11.7 Å². The highest BCUT2D eigenvalue weighted by atomic mass is 16.2. The van der Waals surface area contributed by atoms with E-state index in [2.05, 4.69) is 5.32 Å². The zero-order valence-electron chi connectivity index (χ0n) is 13.6. The molecule has 120 valence electrons. The molecular weight excluding hydrogens is 278 g/mol. The first-order chi connectivity index (χ1) is 10.5. The van der Waals surface area contributed by atoms with Gasteiger partial charge in [0.25, 0.3) is 0 Å². The van der Waals surface area contributed by atoms with Crippen LogP contribution in [0.3, 0.4) is 0 Å². The Kier molecular flexibility index (Phi) is 7.50. The quantitative estimate of drug-likeness (QED) is 0.712. The second kappa shape index (κ2) is 9.13. The molecule has 0 saturated carbocycles. The number of carbonyl (C=O) groups is 3. The summed E-state index contributed by atoms with van der Waals surface area (Å²) in [6.45, 7) is 5.64. The van der Waals surface area contributed by atoms with Gasteiger partial charge in [-0.25, -0.2) is 0 Å². The van der Waals surface area contributed by atoms with Crippen LogP contribution in [0.15, 0.2) is 30.3 Å². The molecule has 0 radical (unpaired) electrons. The Morgan fingerprint density at radius 1 is 1.05 bits per heavy atom. The van der Waals surface area contributed by atoms with Gasteiger partial charge >= 0.3 is 0 Å². The summed E-state index contributed by atoms with van der Waals surface area (Å²) < 4.78 is 0. The van der Waals surface area contributed by atoms with Gasteiger partial charge in [0.15, 0.2) is 5.78 Å². The fourth-order valence-corrected chi connectivity index (χ4v) is 2.33. The molecule has 0 bridgehead atoms. The van der Waals surface area contributed by atoms with Crippen LogP contribution in [0, 0.1) is 5.92 Å². The Bertz CT molecular complexity index is 510. The van der Waals surface area contributed by atoms with Crippen molar-refractivity contribution in [1.29, 1.82) is 0 Å². The van der Waals surface area contributed by atoms with Gasteiger partial charge in [-0.15, -0.1) is 0 Å². The standard InChI is InChI=1S/C18H25NO3/c1-4-8-13(2)18(22)16(20)11-12-17(21)19-14(3)15-9-6-5-7-10-15/h5-7,9-10,13-14H,4,8,11-12H2,1-3H3,(H,19,21)/t13?,14-/m1/s1. The van der Waals surface area contributed by atoms with Crippen LogP contribution in [0.25, 0.3) is 0 Å². The maximum Gasteiger partial charge on any atom is 0.220 e. The van der Waals surface area contributed by atoms with Crippen molar-refractivity contribution >= 4 is 17.5 Å². The minimum Gasteiger partial charge on any atom is -0.350 e. The van der Waals surface area contributed by atoms with E-state index in [-0.39, 0.29) is 36.5 Å². The summed E-state index contributed by atoms with van der Waals surface area (Å²) in [7, 11) is 0. The average molecular weight is 303 g/mol. The molecule has 4 heteroatoms. The molecule has 0 aromatic heterocycles. The number of Topliss-reactive ketones (excluding diaryl/α,β-unsaturated/α-hetero) is 2. The molecule has 0 aliphatic rings. The van der Waals surface area contributed by atoms with Crippen LogP contribution in [0.2, 0.25) is 0 Å². The fraction of sp³-hybridized carbons (Fsp3) is 0.500. The SMILES string of the molecule is CCCC(C)C(=O)C(=O)CCC(=O)N[C@H](C)c1ccccc1. The highest BCUT2D eigenvalue weighted by Gasteiger charge is 2.21. The number of ketones is 2. The van der Waals surface area contributed by atoms with Crippen LogP contribution in [0.1, 0.15) is 58.1 Å². The van der Waals surface area contributed by atoms with Crippen molar-refractivity contribution in [1.82, 2.24) is 5.32 Å². The zero-order chi connectivity index (χ0) is 16.5. The maximum atomic E-state index is 11.9. The Labute approximate surface area is 132 Å². The van der Waals surface area contributed by atoms with Gasteiger partial charge < -0.3 is 5.32 Å². The zero-order valence-corrected chi connectivity index (χ0v) is 13.6. The highest BCUT2D eigenvalue weighted by molar-refractivity contribution is 6.38. The second-order valence-corrected chi connectivity index (χ2v) is 5.68. The second-order valence-electron chi connectivity index (χ2n) is 5.68. The molecule has 1 N–H and O–H groups in total. The molecule has 1 aromatic rings. The third-order valence-electron chi connectivity index (χ3n) is 3.70. The molecule has 0 aliphatic carbocycles. The number of benzene rings is 1. The number of amides is 1. The van der Waals surface area contributed by atoms with Crippen LogP contribution >= 0.6 is 0 Å². The van der Waals surface area contributed by atoms with Crippen molar-refractivity contribution in [3.8, 4) is 0 Å². The molecule has 1 rings (SSSR count). The van der Waals surface area contributed by atoms with Crippen molar-refractivity contribution in [2.75, 3.05) is 0 Å². The summed E-state index contributed by atoms with van der Waals surface area (Å²) in [5, 5.41) is 2.84. The number of carbonyl (C=O) groups excluding carboxylic acids is 3. The Balaban J connectivity index is 2.40. The lowest BCUT2D eigenvalue weighted by Crippen LogP contribution is -2.28. The van der Waals surface area contributed by atoms with Gasteiger partial charge in [-0.3, -0.25) is 14.4 Å². The molecular formula is C18H25NO3. The fourth-order valence-electron chi connectivity index (χ4n) is 2.33. The number of rotatable bonds is 9. The number of nitrogens with one attached hydrogen (secondary N) is 1. The van der Waals surface area contributed by atoms with Gasteiger partial charge in [-0.2, -0.15) is 0 Å². The van der Waals surface area contributed by atoms with E-state index in [1.54, 1.807) is 6.92 Å². The lowest BCUT2D eigenvalue weighted by molar-refractivity contribution is -0.139. The molecule has 1 amide bonds. The third-order valence-corrected chi connectivity index (χ3v) is 3.70. The van der Waals surface area contributed by atoms with Gasteiger partial charge in [0, 0.05) is 18.8 Å². The third kappa shape index (κ3) is 5.80. The summed E-state index contributed by atoms with van der Waals surface area (Å²) in [4.78, 5) is 35.5. The van der Waals surface area contributed by atoms with E-state index in [4.69, 9.17) is 0 Å². The topological polar surface area (TPSA) is 63.2 Å². The van der Waals surface area contributed by atoms with E-state index < -0.39 is 5.78 Å². The summed E-state index contributed by atoms with van der Waals surface area (Å²) in [6, 6.07) is 9.50. The first kappa shape index (κ1) is 18.1. The summed E-state index contributed by atoms with van der Waals surface area (Å²) in [6.07, 6.45) is 1.62. The van der Waals surface area contributed by atoms with Gasteiger partial charge in [-0.1, -0.05) is 50.6 Å². The smallest absolute Gasteiger partial charge is 0.220 e. The molecule has 0 spiro atoms. The normalized spacial score (nSPS) is 13.2. The molecule has 0 saturated heterocycles. The van der Waals surface area contributed by atoms with Crippen molar-refractivity contribution in [2.45, 2.75) is 52.5 Å². The van der Waals surface area contributed by atoms with E-state index in [1.807, 2.05) is 44.2 Å². The summed E-state index contributed by atoms with van der Waals surface area (Å²) in [5.74, 6) is -1.25. The predicted molar refractivity (Wildman–Crippen MR) is 86.3 cm³/mol. The largest absolute Gasteiger partial charge is 0.350 e. The maximum absolute atomic E-state index is 11.9. The van der Waals surface area contributed by atoms with Gasteiger partial charge in [0.1, 0.15) is 0 Å². The molecule has 1 aromatic carbocycles. The van der Waals surface area contributed by atoms with Crippen LogP contribution in [-0.2, 0) is 14.4 Å². The van der Waals surface area contributed by atoms with Crippen molar-refractivity contribution in [2.24, 2.45) is 5.92 Å². The van der Waals surface area contributed by atoms with E-state index in [0.717, 1.165) is 12.0 Å². The van der Waals surface area contributed by atoms with E-state index in [1.165, 1.54) is 0 Å². The van der Waals surface area contributed by atoms with Crippen molar-refractivity contribution in [3.05, 3.63) is 35.9 Å². The van der Waals surface area contributed by atoms with Gasteiger partial charge in [-0.05, 0) is 18.9 Å². The van der Waals surface area contributed by atoms with Crippen molar-refractivity contribution in [3.63, 3.8) is 0 Å². The average Bonchev–Trinajstić information content (AvgIpc) is 2.52. The van der Waals surface area contributed by atoms with Crippen LogP contribution in [0.5, 0.6) is 0 Å². The molecule has 2 atom stereocenters. The highest BCUT2D eigenvalue weighted by Crippen LogP contribution is 2.12. The monoisotopic (exact) mass is 303 g/mol. The van der Waals surface area contributed by atoms with Crippen molar-refractivity contribution < 1.29 is 14.4 Å². The molecule has 0 aliphatic heterocycles. The Morgan fingerprint density at radius 3 is 2.27 bits per heavy atom. The van der Waals surface area contributed by atoms with Gasteiger partial charge in [0.05, 0.1) is 6.04 Å². The minimum absolute atomic E-state index is 0.0137. The van der Waals surface area contributed by atoms with E-state index in [0.29, 0.717) is 6.42 Å². The first-order valence-electron chi connectivity index (χ1n) is 7.87. The number of hydrogen-bond acceptors (Lipinski definition) is 3. The number of hydrogen-bond donors (Lipinski definition) is 1. The molecule has 0 heterocycles. The Hall–Kier alpha value is -1.97. The predicted octanol–water partition coefficient (Wildman–Crippen LogP) is 3.22. The van der Waals surface area contributed by atoms with E-state index >= 15 is 0 Å². The molecule has 4 nitrogen and oxygen atoms in total. The first-order valence-corrected chi connectivity index (χ1v) is 7.87. The van der Waals surface area contributed by atoms with Crippen LogP contribution < -0.4 is 5.32 Å². The minimum atomic E-state index is -0.441. The van der Waals surface area contributed by atoms with E-state index in [9.17, 15) is 14.4 Å². The van der Waals surface area contributed by atoms with Crippen LogP contribution in [-0.4, -0.2) is 17.5 Å². The molecule has 22 heavy (non-hydrogen) atoms. The molecule has 1 unspecified atom stereocenters. The summed E-state index contributed by atoms with van der Waals surface area (Å²) >= 11 is 0. The summed E-state index contributed by atoms with van der Waals surface area (Å²) in [5.41, 5.74) is 1.01. The van der Waals surface area contributed by atoms with Crippen LogP contribution in [0.4, 0.5) is 0 Å². The lowest BCUT2D eigenvalue weighted by atomic mass is 9.96. The Morgan fingerprint density at radius 2 is 1.68 bits per heavy atom. The lowest BCUT2D eigenvalue weighted by Gasteiger charge is -2.14.